The van der Waals surface area contributed by atoms with Crippen molar-refractivity contribution in [1.82, 2.24) is 4.90 Å². The molecule has 31 heavy (non-hydrogen) atoms. The summed E-state index contributed by atoms with van der Waals surface area (Å²) >= 11 is 0. The molecule has 0 N–H and O–H groups in total. The first-order valence-electron chi connectivity index (χ1n) is 10.4. The molecule has 0 aromatic heterocycles. The number of carbonyl (C=O) groups excluding carboxylic acids is 3. The standard InChI is InChI=1S/C21H28N2O7S/c1-4-29-20(25)15-7-9-22(10-8-15)19(24)13-30-21(26)16-5-6-18-17(12-16)11-14(2)23(18)31(3,27)28/h5-6,12,14-15H,4,7-11,13H2,1-3H3. The minimum absolute atomic E-state index is 0.202. The second-order valence-electron chi connectivity index (χ2n) is 7.94. The number of fused-ring (bicyclic) bond motifs is 1. The van der Waals surface area contributed by atoms with Crippen LogP contribution in [-0.4, -0.2) is 69.8 Å². The summed E-state index contributed by atoms with van der Waals surface area (Å²) in [5, 5.41) is 0. The Morgan fingerprint density at radius 2 is 1.81 bits per heavy atom. The number of hydrogen-bond donors (Lipinski definition) is 0. The second kappa shape index (κ2) is 9.25. The smallest absolute Gasteiger partial charge is 0.338 e. The SMILES string of the molecule is CCOC(=O)C1CCN(C(=O)COC(=O)c2ccc3c(c2)CC(C)N3S(C)(=O)=O)CC1. The van der Waals surface area contributed by atoms with Gasteiger partial charge in [-0.05, 0) is 56.9 Å². The Hall–Kier alpha value is -2.62. The third-order valence-corrected chi connectivity index (χ3v) is 6.89. The van der Waals surface area contributed by atoms with Crippen molar-refractivity contribution in [3.05, 3.63) is 29.3 Å². The molecule has 1 unspecified atom stereocenters. The zero-order valence-corrected chi connectivity index (χ0v) is 18.8. The first kappa shape index (κ1) is 23.1. The van der Waals surface area contributed by atoms with Crippen molar-refractivity contribution < 1.29 is 32.3 Å². The van der Waals surface area contributed by atoms with Crippen LogP contribution in [-0.2, 0) is 35.5 Å². The van der Waals surface area contributed by atoms with E-state index in [1.54, 1.807) is 24.0 Å². The molecule has 1 atom stereocenters. The number of amides is 1. The zero-order valence-electron chi connectivity index (χ0n) is 18.0. The fraction of sp³-hybridized carbons (Fsp3) is 0.571. The third-order valence-electron chi connectivity index (χ3n) is 5.62. The molecule has 1 saturated heterocycles. The summed E-state index contributed by atoms with van der Waals surface area (Å²) in [7, 11) is -3.41. The molecular formula is C21H28N2O7S. The normalized spacial score (nSPS) is 19.1. The van der Waals surface area contributed by atoms with Gasteiger partial charge in [-0.3, -0.25) is 13.9 Å². The number of nitrogens with zero attached hydrogens (tertiary/aromatic N) is 2. The molecule has 2 heterocycles. The van der Waals surface area contributed by atoms with Gasteiger partial charge in [0.15, 0.2) is 6.61 Å². The number of benzene rings is 1. The van der Waals surface area contributed by atoms with Gasteiger partial charge in [-0.1, -0.05) is 0 Å². The van der Waals surface area contributed by atoms with Crippen molar-refractivity contribution in [2.75, 3.05) is 36.9 Å². The van der Waals surface area contributed by atoms with E-state index < -0.39 is 16.0 Å². The fourth-order valence-corrected chi connectivity index (χ4v) is 5.43. The van der Waals surface area contributed by atoms with E-state index >= 15 is 0 Å². The van der Waals surface area contributed by atoms with Gasteiger partial charge in [-0.25, -0.2) is 13.2 Å². The van der Waals surface area contributed by atoms with Gasteiger partial charge in [-0.15, -0.1) is 0 Å². The highest BCUT2D eigenvalue weighted by Crippen LogP contribution is 2.34. The lowest BCUT2D eigenvalue weighted by atomic mass is 9.97. The number of esters is 2. The van der Waals surface area contributed by atoms with Crippen LogP contribution in [0.2, 0.25) is 0 Å². The van der Waals surface area contributed by atoms with Gasteiger partial charge >= 0.3 is 11.9 Å². The molecule has 170 valence electrons. The Morgan fingerprint density at radius 3 is 2.42 bits per heavy atom. The van der Waals surface area contributed by atoms with Crippen LogP contribution in [0.25, 0.3) is 0 Å². The molecule has 1 fully saturated rings. The molecule has 0 bridgehead atoms. The summed E-state index contributed by atoms with van der Waals surface area (Å²) in [4.78, 5) is 38.2. The molecule has 10 heteroatoms. The largest absolute Gasteiger partial charge is 0.466 e. The summed E-state index contributed by atoms with van der Waals surface area (Å²) < 4.78 is 35.6. The average Bonchev–Trinajstić information content (AvgIpc) is 3.07. The Balaban J connectivity index is 1.54. The number of anilines is 1. The maximum Gasteiger partial charge on any atom is 0.338 e. The van der Waals surface area contributed by atoms with Crippen LogP contribution < -0.4 is 4.31 Å². The molecule has 3 rings (SSSR count). The van der Waals surface area contributed by atoms with E-state index in [0.29, 0.717) is 44.6 Å². The van der Waals surface area contributed by atoms with Crippen molar-refractivity contribution in [3.8, 4) is 0 Å². The maximum absolute atomic E-state index is 12.4. The first-order valence-corrected chi connectivity index (χ1v) is 12.2. The number of likely N-dealkylation sites (tertiary alicyclic amines) is 1. The van der Waals surface area contributed by atoms with Crippen molar-refractivity contribution in [2.24, 2.45) is 5.92 Å². The molecule has 1 aromatic rings. The summed E-state index contributed by atoms with van der Waals surface area (Å²) in [6.07, 6.45) is 2.70. The number of carbonyl (C=O) groups is 3. The van der Waals surface area contributed by atoms with Crippen LogP contribution in [0.1, 0.15) is 42.6 Å². The van der Waals surface area contributed by atoms with Crippen LogP contribution in [0.3, 0.4) is 0 Å². The molecular weight excluding hydrogens is 424 g/mol. The molecule has 0 saturated carbocycles. The van der Waals surface area contributed by atoms with E-state index in [1.165, 1.54) is 10.4 Å². The lowest BCUT2D eigenvalue weighted by molar-refractivity contribution is -0.151. The molecule has 2 aliphatic rings. The second-order valence-corrected chi connectivity index (χ2v) is 9.80. The number of rotatable bonds is 6. The lowest BCUT2D eigenvalue weighted by Gasteiger charge is -2.30. The molecule has 0 spiro atoms. The topological polar surface area (TPSA) is 110 Å². The van der Waals surface area contributed by atoms with Crippen molar-refractivity contribution in [3.63, 3.8) is 0 Å². The van der Waals surface area contributed by atoms with E-state index in [1.807, 2.05) is 6.92 Å². The first-order chi connectivity index (χ1) is 14.6. The molecule has 0 radical (unpaired) electrons. The highest BCUT2D eigenvalue weighted by molar-refractivity contribution is 7.92. The van der Waals surface area contributed by atoms with Gasteiger partial charge in [0.05, 0.1) is 30.0 Å². The monoisotopic (exact) mass is 452 g/mol. The highest BCUT2D eigenvalue weighted by Gasteiger charge is 2.33. The van der Waals surface area contributed by atoms with Crippen LogP contribution >= 0.6 is 0 Å². The summed E-state index contributed by atoms with van der Waals surface area (Å²) in [6, 6.07) is 4.50. The third kappa shape index (κ3) is 5.17. The van der Waals surface area contributed by atoms with Crippen molar-refractivity contribution in [1.29, 1.82) is 0 Å². The molecule has 0 aliphatic carbocycles. The van der Waals surface area contributed by atoms with Gasteiger partial charge in [0.25, 0.3) is 5.91 Å². The summed E-state index contributed by atoms with van der Waals surface area (Å²) in [5.74, 6) is -1.38. The molecule has 1 amide bonds. The fourth-order valence-electron chi connectivity index (χ4n) is 4.16. The van der Waals surface area contributed by atoms with Crippen molar-refractivity contribution >= 4 is 33.6 Å². The Kier molecular flexibility index (Phi) is 6.88. The number of piperidine rings is 1. The highest BCUT2D eigenvalue weighted by atomic mass is 32.2. The quantitative estimate of drug-likeness (QED) is 0.599. The van der Waals surface area contributed by atoms with Gasteiger partial charge in [-0.2, -0.15) is 0 Å². The van der Waals surface area contributed by atoms with Crippen molar-refractivity contribution in [2.45, 2.75) is 39.2 Å². The molecule has 1 aromatic carbocycles. The van der Waals surface area contributed by atoms with Gasteiger partial charge in [0.1, 0.15) is 0 Å². The lowest BCUT2D eigenvalue weighted by Crippen LogP contribution is -2.42. The predicted octanol–water partition coefficient (Wildman–Crippen LogP) is 1.36. The van der Waals surface area contributed by atoms with Gasteiger partial charge in [0.2, 0.25) is 10.0 Å². The number of ether oxygens (including phenoxy) is 2. The van der Waals surface area contributed by atoms with E-state index in [2.05, 4.69) is 0 Å². The van der Waals surface area contributed by atoms with Crippen LogP contribution in [0.5, 0.6) is 0 Å². The minimum Gasteiger partial charge on any atom is -0.466 e. The van der Waals surface area contributed by atoms with Gasteiger partial charge in [0, 0.05) is 19.1 Å². The summed E-state index contributed by atoms with van der Waals surface area (Å²) in [6.45, 7) is 4.35. The van der Waals surface area contributed by atoms with Gasteiger partial charge < -0.3 is 14.4 Å². The van der Waals surface area contributed by atoms with E-state index in [0.717, 1.165) is 11.8 Å². The number of hydrogen-bond acceptors (Lipinski definition) is 7. The van der Waals surface area contributed by atoms with Crippen LogP contribution in [0, 0.1) is 5.92 Å². The zero-order chi connectivity index (χ0) is 22.8. The van der Waals surface area contributed by atoms with E-state index in [9.17, 15) is 22.8 Å². The van der Waals surface area contributed by atoms with Crippen LogP contribution in [0.15, 0.2) is 18.2 Å². The molecule has 9 nitrogen and oxygen atoms in total. The Morgan fingerprint density at radius 1 is 1.13 bits per heavy atom. The average molecular weight is 453 g/mol. The maximum atomic E-state index is 12.4. The summed E-state index contributed by atoms with van der Waals surface area (Å²) in [5.41, 5.74) is 1.59. The van der Waals surface area contributed by atoms with E-state index in [-0.39, 0.29) is 36.0 Å². The Bertz CT molecular complexity index is 968. The van der Waals surface area contributed by atoms with Crippen LogP contribution in [0.4, 0.5) is 5.69 Å². The minimum atomic E-state index is -3.41. The Labute approximate surface area is 182 Å². The molecule has 2 aliphatic heterocycles. The predicted molar refractivity (Wildman–Crippen MR) is 113 cm³/mol. The number of sulfonamides is 1. The van der Waals surface area contributed by atoms with E-state index in [4.69, 9.17) is 9.47 Å².